The summed E-state index contributed by atoms with van der Waals surface area (Å²) in [6.45, 7) is 4.39. The molecule has 1 aliphatic heterocycles. The average molecular weight is 395 g/mol. The molecule has 0 aliphatic carbocycles. The van der Waals surface area contributed by atoms with Crippen molar-refractivity contribution in [1.29, 1.82) is 0 Å². The van der Waals surface area contributed by atoms with Crippen LogP contribution in [0.4, 0.5) is 11.5 Å². The summed E-state index contributed by atoms with van der Waals surface area (Å²) in [5, 5.41) is 2.87. The quantitative estimate of drug-likeness (QED) is 0.689. The maximum absolute atomic E-state index is 12.2. The van der Waals surface area contributed by atoms with Crippen molar-refractivity contribution in [2.75, 3.05) is 43.4 Å². The summed E-state index contributed by atoms with van der Waals surface area (Å²) in [6.07, 6.45) is 2.55. The van der Waals surface area contributed by atoms with Gasteiger partial charge in [0.25, 0.3) is 0 Å². The Morgan fingerprint density at radius 3 is 2.69 bits per heavy atom. The van der Waals surface area contributed by atoms with E-state index in [2.05, 4.69) is 27.1 Å². The van der Waals surface area contributed by atoms with E-state index in [1.807, 2.05) is 30.3 Å². The number of aromatic nitrogens is 2. The molecule has 0 bridgehead atoms. The molecule has 8 nitrogen and oxygen atoms in total. The molecule has 1 aromatic carbocycles. The first-order valence-corrected chi connectivity index (χ1v) is 9.88. The number of benzene rings is 1. The van der Waals surface area contributed by atoms with Crippen LogP contribution in [0.25, 0.3) is 11.1 Å². The van der Waals surface area contributed by atoms with Crippen LogP contribution in [-0.2, 0) is 11.3 Å². The number of likely N-dealkylation sites (N-methyl/N-ethyl adjacent to an activating group) is 1. The Morgan fingerprint density at radius 2 is 1.93 bits per heavy atom. The van der Waals surface area contributed by atoms with E-state index in [9.17, 15) is 9.59 Å². The van der Waals surface area contributed by atoms with Gasteiger partial charge in [0.1, 0.15) is 5.82 Å². The minimum atomic E-state index is -0.393. The zero-order chi connectivity index (χ0) is 20.2. The lowest BCUT2D eigenvalue weighted by molar-refractivity contribution is -0.116. The van der Waals surface area contributed by atoms with Crippen LogP contribution < -0.4 is 16.0 Å². The topological polar surface area (TPSA) is 83.6 Å². The zero-order valence-electron chi connectivity index (χ0n) is 16.5. The lowest BCUT2D eigenvalue weighted by atomic mass is 10.2. The van der Waals surface area contributed by atoms with E-state index in [1.165, 1.54) is 0 Å². The number of rotatable bonds is 6. The Bertz CT molecular complexity index is 1030. The number of hydrogen-bond donors (Lipinski definition) is 1. The van der Waals surface area contributed by atoms with E-state index in [4.69, 9.17) is 4.42 Å². The minimum Gasteiger partial charge on any atom is -0.408 e. The maximum Gasteiger partial charge on any atom is 0.419 e. The smallest absolute Gasteiger partial charge is 0.408 e. The highest BCUT2D eigenvalue weighted by Gasteiger charge is 2.15. The molecule has 8 heteroatoms. The molecule has 4 rings (SSSR count). The van der Waals surface area contributed by atoms with Gasteiger partial charge in [-0.2, -0.15) is 0 Å². The number of carbonyl (C=O) groups is 1. The summed E-state index contributed by atoms with van der Waals surface area (Å²) in [5.74, 6) is 0.442. The number of oxazole rings is 1. The Hall–Kier alpha value is -3.13. The van der Waals surface area contributed by atoms with Crippen molar-refractivity contribution in [1.82, 2.24) is 14.5 Å². The van der Waals surface area contributed by atoms with Gasteiger partial charge in [0, 0.05) is 39.1 Å². The molecule has 152 valence electrons. The lowest BCUT2D eigenvalue weighted by Crippen LogP contribution is -2.44. The van der Waals surface area contributed by atoms with Crippen LogP contribution in [0.1, 0.15) is 12.8 Å². The van der Waals surface area contributed by atoms with Gasteiger partial charge in [-0.05, 0) is 37.7 Å². The third-order valence-electron chi connectivity index (χ3n) is 5.22. The van der Waals surface area contributed by atoms with E-state index >= 15 is 0 Å². The Labute approximate surface area is 168 Å². The molecule has 0 unspecified atom stereocenters. The fraction of sp³-hybridized carbons (Fsp3) is 0.381. The number of carbonyl (C=O) groups excluding carboxylic acids is 1. The second-order valence-electron chi connectivity index (χ2n) is 7.33. The van der Waals surface area contributed by atoms with Crippen LogP contribution in [0.5, 0.6) is 0 Å². The Balaban J connectivity index is 1.28. The maximum atomic E-state index is 12.2. The standard InChI is InChI=1S/C21H25N5O3/c1-24-11-13-25(14-12-24)19-9-8-16(15-22-19)23-20(27)7-4-10-26-17-5-2-3-6-18(17)29-21(26)28/h2-3,5-6,8-9,15H,4,7,10-14H2,1H3,(H,23,27). The third kappa shape index (κ3) is 4.48. The highest BCUT2D eigenvalue weighted by Crippen LogP contribution is 2.16. The number of anilines is 2. The van der Waals surface area contributed by atoms with E-state index in [0.29, 0.717) is 30.7 Å². The molecule has 3 aromatic rings. The van der Waals surface area contributed by atoms with Crippen LogP contribution in [0.3, 0.4) is 0 Å². The third-order valence-corrected chi connectivity index (χ3v) is 5.22. The molecule has 0 atom stereocenters. The summed E-state index contributed by atoms with van der Waals surface area (Å²) in [5.41, 5.74) is 1.99. The van der Waals surface area contributed by atoms with Gasteiger partial charge in [-0.25, -0.2) is 9.78 Å². The second kappa shape index (κ2) is 8.48. The van der Waals surface area contributed by atoms with Crippen LogP contribution in [0, 0.1) is 0 Å². The van der Waals surface area contributed by atoms with Gasteiger partial charge in [0.2, 0.25) is 5.91 Å². The SMILES string of the molecule is CN1CCN(c2ccc(NC(=O)CCCn3c(=O)oc4ccccc43)cn2)CC1. The number of piperazine rings is 1. The predicted molar refractivity (Wildman–Crippen MR) is 112 cm³/mol. The molecule has 2 aromatic heterocycles. The van der Waals surface area contributed by atoms with Crippen molar-refractivity contribution >= 4 is 28.5 Å². The number of amides is 1. The average Bonchev–Trinajstić information content (AvgIpc) is 3.05. The van der Waals surface area contributed by atoms with Crippen LogP contribution in [0.2, 0.25) is 0 Å². The molecule has 29 heavy (non-hydrogen) atoms. The molecule has 1 fully saturated rings. The predicted octanol–water partition coefficient (Wildman–Crippen LogP) is 2.16. The van der Waals surface area contributed by atoms with Gasteiger partial charge < -0.3 is 19.5 Å². The summed E-state index contributed by atoms with van der Waals surface area (Å²) >= 11 is 0. The molecular weight excluding hydrogens is 370 g/mol. The molecule has 0 radical (unpaired) electrons. The number of aryl methyl sites for hydroxylation is 1. The molecule has 1 N–H and O–H groups in total. The summed E-state index contributed by atoms with van der Waals surface area (Å²) < 4.78 is 6.78. The van der Waals surface area contributed by atoms with E-state index in [1.54, 1.807) is 16.8 Å². The number of fused-ring (bicyclic) bond motifs is 1. The van der Waals surface area contributed by atoms with Gasteiger partial charge in [-0.15, -0.1) is 0 Å². The highest BCUT2D eigenvalue weighted by molar-refractivity contribution is 5.90. The minimum absolute atomic E-state index is 0.0972. The number of nitrogens with zero attached hydrogens (tertiary/aromatic N) is 4. The summed E-state index contributed by atoms with van der Waals surface area (Å²) in [7, 11) is 2.12. The lowest BCUT2D eigenvalue weighted by Gasteiger charge is -2.33. The molecule has 3 heterocycles. The van der Waals surface area contributed by atoms with E-state index in [0.717, 1.165) is 37.5 Å². The first kappa shape index (κ1) is 19.2. The molecule has 0 spiro atoms. The summed E-state index contributed by atoms with van der Waals surface area (Å²) in [4.78, 5) is 33.2. The van der Waals surface area contributed by atoms with Crippen LogP contribution >= 0.6 is 0 Å². The highest BCUT2D eigenvalue weighted by atomic mass is 16.4. The monoisotopic (exact) mass is 395 g/mol. The van der Waals surface area contributed by atoms with Crippen molar-refractivity contribution in [2.45, 2.75) is 19.4 Å². The molecular formula is C21H25N5O3. The fourth-order valence-corrected chi connectivity index (χ4v) is 3.53. The van der Waals surface area contributed by atoms with Crippen LogP contribution in [0.15, 0.2) is 51.8 Å². The normalized spacial score (nSPS) is 15.0. The molecule has 1 aliphatic rings. The number of nitrogens with one attached hydrogen (secondary N) is 1. The van der Waals surface area contributed by atoms with E-state index in [-0.39, 0.29) is 5.91 Å². The van der Waals surface area contributed by atoms with E-state index < -0.39 is 5.76 Å². The first-order valence-electron chi connectivity index (χ1n) is 9.88. The van der Waals surface area contributed by atoms with Gasteiger partial charge in [-0.3, -0.25) is 9.36 Å². The van der Waals surface area contributed by atoms with Crippen molar-refractivity contribution < 1.29 is 9.21 Å². The molecule has 1 saturated heterocycles. The van der Waals surface area contributed by atoms with Crippen molar-refractivity contribution in [3.05, 3.63) is 53.1 Å². The summed E-state index contributed by atoms with van der Waals surface area (Å²) in [6, 6.07) is 11.1. The van der Waals surface area contributed by atoms with Crippen molar-refractivity contribution in [3.8, 4) is 0 Å². The first-order chi connectivity index (χ1) is 14.1. The fourth-order valence-electron chi connectivity index (χ4n) is 3.53. The Kier molecular flexibility index (Phi) is 5.62. The van der Waals surface area contributed by atoms with Crippen molar-refractivity contribution in [2.24, 2.45) is 0 Å². The number of para-hydroxylation sites is 2. The van der Waals surface area contributed by atoms with Gasteiger partial charge in [0.05, 0.1) is 17.4 Å². The van der Waals surface area contributed by atoms with Gasteiger partial charge >= 0.3 is 5.76 Å². The number of pyridine rings is 1. The van der Waals surface area contributed by atoms with Gasteiger partial charge in [-0.1, -0.05) is 12.1 Å². The zero-order valence-corrected chi connectivity index (χ0v) is 16.5. The number of hydrogen-bond acceptors (Lipinski definition) is 6. The van der Waals surface area contributed by atoms with Gasteiger partial charge in [0.15, 0.2) is 5.58 Å². The second-order valence-corrected chi connectivity index (χ2v) is 7.33. The Morgan fingerprint density at radius 1 is 1.14 bits per heavy atom. The van der Waals surface area contributed by atoms with Crippen LogP contribution in [-0.4, -0.2) is 53.6 Å². The van der Waals surface area contributed by atoms with Crippen molar-refractivity contribution in [3.63, 3.8) is 0 Å². The molecule has 1 amide bonds. The molecule has 0 saturated carbocycles. The largest absolute Gasteiger partial charge is 0.419 e.